The quantitative estimate of drug-likeness (QED) is 0.218. The lowest BCUT2D eigenvalue weighted by Crippen LogP contribution is -2.38. The van der Waals surface area contributed by atoms with Gasteiger partial charge >= 0.3 is 6.09 Å². The van der Waals surface area contributed by atoms with Gasteiger partial charge in [0.05, 0.1) is 6.54 Å². The number of carbonyl (C=O) groups excluding carboxylic acids is 2. The molecule has 0 aliphatic rings. The average molecular weight is 567 g/mol. The topological polar surface area (TPSA) is 118 Å². The van der Waals surface area contributed by atoms with E-state index in [1.807, 2.05) is 58.0 Å². The number of nitrogens with zero attached hydrogens (tertiary/aromatic N) is 1. The second kappa shape index (κ2) is 13.7. The molecular weight excluding hydrogens is 533 g/mol. The molecule has 5 N–H and O–H groups in total. The molecule has 9 heteroatoms. The molecule has 0 heterocycles. The van der Waals surface area contributed by atoms with Crippen molar-refractivity contribution in [2.45, 2.75) is 46.3 Å². The second-order valence-corrected chi connectivity index (χ2v) is 8.26. The molecule has 2 aromatic rings. The monoisotopic (exact) mass is 567 g/mol. The molecule has 0 bridgehead atoms. The Morgan fingerprint density at radius 1 is 1.03 bits per heavy atom. The third-order valence-corrected chi connectivity index (χ3v) is 4.28. The van der Waals surface area contributed by atoms with Crippen LogP contribution in [0.25, 0.3) is 0 Å². The number of aliphatic imine (C=N–C) groups is 1. The molecule has 0 radical (unpaired) electrons. The number of primary amides is 1. The number of amides is 2. The molecule has 0 fully saturated rings. The first-order valence-corrected chi connectivity index (χ1v) is 10.7. The number of halogens is 1. The summed E-state index contributed by atoms with van der Waals surface area (Å²) >= 11 is 0. The van der Waals surface area contributed by atoms with E-state index in [1.165, 1.54) is 0 Å². The lowest BCUT2D eigenvalue weighted by atomic mass is 10.1. The molecule has 0 spiro atoms. The Kier molecular flexibility index (Phi) is 11.7. The van der Waals surface area contributed by atoms with Crippen LogP contribution in [0.5, 0.6) is 0 Å². The molecule has 0 aromatic heterocycles. The number of hydrogen-bond donors (Lipinski definition) is 4. The van der Waals surface area contributed by atoms with Gasteiger partial charge in [0.1, 0.15) is 5.60 Å². The highest BCUT2D eigenvalue weighted by Gasteiger charge is 2.16. The number of hydrogen-bond acceptors (Lipinski definition) is 4. The lowest BCUT2D eigenvalue weighted by molar-refractivity contribution is 0.0635. The highest BCUT2D eigenvalue weighted by Crippen LogP contribution is 2.13. The summed E-state index contributed by atoms with van der Waals surface area (Å²) < 4.78 is 5.26. The Morgan fingerprint density at radius 2 is 1.73 bits per heavy atom. The van der Waals surface area contributed by atoms with Gasteiger partial charge in [0.15, 0.2) is 5.96 Å². The maximum absolute atomic E-state index is 11.9. The number of ether oxygens (including phenoxy) is 1. The van der Waals surface area contributed by atoms with Crippen LogP contribution in [-0.4, -0.2) is 36.7 Å². The summed E-state index contributed by atoms with van der Waals surface area (Å²) in [6.45, 7) is 9.33. The van der Waals surface area contributed by atoms with Crippen molar-refractivity contribution >= 4 is 47.6 Å². The van der Waals surface area contributed by atoms with Crippen molar-refractivity contribution < 1.29 is 14.3 Å². The summed E-state index contributed by atoms with van der Waals surface area (Å²) in [5, 5.41) is 9.24. The Balaban J connectivity index is 0.00000544. The first-order chi connectivity index (χ1) is 15.2. The van der Waals surface area contributed by atoms with Crippen LogP contribution < -0.4 is 21.7 Å². The Morgan fingerprint density at radius 3 is 2.33 bits per heavy atom. The van der Waals surface area contributed by atoms with Crippen molar-refractivity contribution in [3.8, 4) is 0 Å². The van der Waals surface area contributed by atoms with Crippen LogP contribution in [0.1, 0.15) is 49.2 Å². The molecule has 33 heavy (non-hydrogen) atoms. The van der Waals surface area contributed by atoms with E-state index in [0.717, 1.165) is 24.1 Å². The van der Waals surface area contributed by atoms with Crippen molar-refractivity contribution in [3.63, 3.8) is 0 Å². The van der Waals surface area contributed by atoms with E-state index in [1.54, 1.807) is 18.2 Å². The van der Waals surface area contributed by atoms with Crippen molar-refractivity contribution in [2.24, 2.45) is 10.7 Å². The molecular formula is C24H34IN5O3. The van der Waals surface area contributed by atoms with Crippen molar-refractivity contribution in [2.75, 3.05) is 18.4 Å². The summed E-state index contributed by atoms with van der Waals surface area (Å²) in [5.41, 5.74) is 7.99. The van der Waals surface area contributed by atoms with E-state index in [0.29, 0.717) is 30.3 Å². The third kappa shape index (κ3) is 11.0. The minimum Gasteiger partial charge on any atom is -0.444 e. The Labute approximate surface area is 212 Å². The fourth-order valence-corrected chi connectivity index (χ4v) is 2.84. The zero-order valence-corrected chi connectivity index (χ0v) is 21.9. The minimum atomic E-state index is -0.536. The highest BCUT2D eigenvalue weighted by atomic mass is 127. The first-order valence-electron chi connectivity index (χ1n) is 10.7. The van der Waals surface area contributed by atoms with Gasteiger partial charge in [0.2, 0.25) is 5.91 Å². The lowest BCUT2D eigenvalue weighted by Gasteiger charge is -2.19. The van der Waals surface area contributed by atoms with Gasteiger partial charge in [-0.1, -0.05) is 24.3 Å². The van der Waals surface area contributed by atoms with E-state index >= 15 is 0 Å². The first kappa shape index (κ1) is 28.2. The van der Waals surface area contributed by atoms with E-state index in [-0.39, 0.29) is 24.0 Å². The van der Waals surface area contributed by atoms with Gasteiger partial charge < -0.3 is 21.1 Å². The normalized spacial score (nSPS) is 11.2. The standard InChI is InChI=1S/C24H33N5O3.HI/c1-5-26-22(28-16-18-7-6-8-19(15-18)21(25)30)27-14-13-17-9-11-20(12-10-17)29-23(31)32-24(2,3)4;/h6-12,15H,5,13-14,16H2,1-4H3,(H2,25,30)(H,29,31)(H2,26,27,28);1H. The highest BCUT2D eigenvalue weighted by molar-refractivity contribution is 14.0. The van der Waals surface area contributed by atoms with Gasteiger partial charge in [-0.25, -0.2) is 9.79 Å². The van der Waals surface area contributed by atoms with Gasteiger partial charge in [0, 0.05) is 24.3 Å². The third-order valence-electron chi connectivity index (χ3n) is 4.28. The van der Waals surface area contributed by atoms with Gasteiger partial charge in [0.25, 0.3) is 0 Å². The van der Waals surface area contributed by atoms with E-state index in [2.05, 4.69) is 20.9 Å². The zero-order chi connectivity index (χ0) is 23.6. The van der Waals surface area contributed by atoms with Gasteiger partial charge in [-0.15, -0.1) is 24.0 Å². The predicted molar refractivity (Wildman–Crippen MR) is 143 cm³/mol. The Bertz CT molecular complexity index is 940. The van der Waals surface area contributed by atoms with Gasteiger partial charge in [-0.2, -0.15) is 0 Å². The predicted octanol–water partition coefficient (Wildman–Crippen LogP) is 4.05. The molecule has 0 atom stereocenters. The fraction of sp³-hybridized carbons (Fsp3) is 0.375. The maximum Gasteiger partial charge on any atom is 0.412 e. The maximum atomic E-state index is 11.9. The number of nitrogens with two attached hydrogens (primary N) is 1. The minimum absolute atomic E-state index is 0. The molecule has 0 aliphatic heterocycles. The van der Waals surface area contributed by atoms with Crippen LogP contribution >= 0.6 is 24.0 Å². The van der Waals surface area contributed by atoms with Crippen LogP contribution in [0.2, 0.25) is 0 Å². The van der Waals surface area contributed by atoms with Crippen LogP contribution in [-0.2, 0) is 17.7 Å². The summed E-state index contributed by atoms with van der Waals surface area (Å²) in [5.74, 6) is 0.244. The molecule has 2 amide bonds. The number of guanidine groups is 1. The van der Waals surface area contributed by atoms with Gasteiger partial charge in [-0.3, -0.25) is 10.1 Å². The van der Waals surface area contributed by atoms with Crippen molar-refractivity contribution in [1.82, 2.24) is 10.6 Å². The molecule has 0 unspecified atom stereocenters. The Hall–Kier alpha value is -2.82. The molecule has 0 saturated carbocycles. The van der Waals surface area contributed by atoms with Crippen LogP contribution in [0.3, 0.4) is 0 Å². The number of benzene rings is 2. The number of nitrogens with one attached hydrogen (secondary N) is 3. The summed E-state index contributed by atoms with van der Waals surface area (Å²) in [4.78, 5) is 27.8. The largest absolute Gasteiger partial charge is 0.444 e. The smallest absolute Gasteiger partial charge is 0.412 e. The number of carbonyl (C=O) groups is 2. The second-order valence-electron chi connectivity index (χ2n) is 8.26. The summed E-state index contributed by atoms with van der Waals surface area (Å²) in [6, 6.07) is 14.8. The molecule has 0 aliphatic carbocycles. The molecule has 2 aromatic carbocycles. The van der Waals surface area contributed by atoms with E-state index in [9.17, 15) is 9.59 Å². The molecule has 180 valence electrons. The SMILES string of the molecule is CCNC(=NCc1cccc(C(N)=O)c1)NCCc1ccc(NC(=O)OC(C)(C)C)cc1.I. The van der Waals surface area contributed by atoms with E-state index < -0.39 is 17.6 Å². The number of rotatable bonds is 8. The average Bonchev–Trinajstić information content (AvgIpc) is 2.72. The summed E-state index contributed by atoms with van der Waals surface area (Å²) in [7, 11) is 0. The summed E-state index contributed by atoms with van der Waals surface area (Å²) in [6.07, 6.45) is 0.314. The van der Waals surface area contributed by atoms with Crippen LogP contribution in [0.15, 0.2) is 53.5 Å². The van der Waals surface area contributed by atoms with E-state index in [4.69, 9.17) is 10.5 Å². The molecule has 0 saturated heterocycles. The van der Waals surface area contributed by atoms with Crippen molar-refractivity contribution in [3.05, 3.63) is 65.2 Å². The molecule has 2 rings (SSSR count). The van der Waals surface area contributed by atoms with Crippen molar-refractivity contribution in [1.29, 1.82) is 0 Å². The molecule has 8 nitrogen and oxygen atoms in total. The van der Waals surface area contributed by atoms with Gasteiger partial charge in [-0.05, 0) is 69.5 Å². The van der Waals surface area contributed by atoms with Crippen LogP contribution in [0, 0.1) is 0 Å². The fourth-order valence-electron chi connectivity index (χ4n) is 2.84. The van der Waals surface area contributed by atoms with Crippen LogP contribution in [0.4, 0.5) is 10.5 Å². The number of anilines is 1. The zero-order valence-electron chi connectivity index (χ0n) is 19.6.